The van der Waals surface area contributed by atoms with Gasteiger partial charge in [-0.1, -0.05) is 41.9 Å². The summed E-state index contributed by atoms with van der Waals surface area (Å²) < 4.78 is 1.14. The lowest BCUT2D eigenvalue weighted by Crippen LogP contribution is -2.17. The van der Waals surface area contributed by atoms with Gasteiger partial charge in [0.15, 0.2) is 0 Å². The molecule has 0 saturated heterocycles. The molecule has 1 unspecified atom stereocenters. The van der Waals surface area contributed by atoms with Gasteiger partial charge in [0.2, 0.25) is 0 Å². The summed E-state index contributed by atoms with van der Waals surface area (Å²) in [5.41, 5.74) is 1.75. The van der Waals surface area contributed by atoms with E-state index in [0.29, 0.717) is 11.5 Å². The molecule has 100 valence electrons. The first kappa shape index (κ1) is 13.0. The minimum Gasteiger partial charge on any atom is -0.382 e. The maximum absolute atomic E-state index is 3.69. The molecule has 1 aliphatic carbocycles. The number of hydrogen-bond donors (Lipinski definition) is 1. The van der Waals surface area contributed by atoms with Gasteiger partial charge < -0.3 is 5.32 Å². The van der Waals surface area contributed by atoms with Crippen LogP contribution in [0.2, 0.25) is 0 Å². The molecule has 2 aromatic carbocycles. The molecule has 1 atom stereocenters. The number of halogens is 1. The van der Waals surface area contributed by atoms with Crippen LogP contribution in [0.5, 0.6) is 0 Å². The van der Waals surface area contributed by atoms with Crippen LogP contribution in [0.3, 0.4) is 0 Å². The van der Waals surface area contributed by atoms with Crippen LogP contribution in [0, 0.1) is 5.41 Å². The number of anilines is 1. The molecule has 1 saturated carbocycles. The second kappa shape index (κ2) is 4.82. The minimum absolute atomic E-state index is 0.499. The summed E-state index contributed by atoms with van der Waals surface area (Å²) >= 11 is 3.52. The van der Waals surface area contributed by atoms with Gasteiger partial charge in [-0.2, -0.15) is 0 Å². The van der Waals surface area contributed by atoms with Gasteiger partial charge in [-0.15, -0.1) is 0 Å². The molecule has 0 aromatic heterocycles. The van der Waals surface area contributed by atoms with Crippen LogP contribution in [-0.4, -0.2) is 6.04 Å². The van der Waals surface area contributed by atoms with Gasteiger partial charge in [-0.05, 0) is 59.7 Å². The van der Waals surface area contributed by atoms with Crippen molar-refractivity contribution in [1.82, 2.24) is 0 Å². The van der Waals surface area contributed by atoms with Crippen molar-refractivity contribution >= 4 is 32.4 Å². The predicted octanol–water partition coefficient (Wildman–Crippen LogP) is 5.59. The van der Waals surface area contributed by atoms with Gasteiger partial charge in [0, 0.05) is 16.2 Å². The average molecular weight is 318 g/mol. The molecule has 1 fully saturated rings. The van der Waals surface area contributed by atoms with Crippen LogP contribution in [0.25, 0.3) is 10.8 Å². The molecule has 0 aliphatic heterocycles. The molecule has 19 heavy (non-hydrogen) atoms. The third kappa shape index (κ3) is 2.94. The van der Waals surface area contributed by atoms with Gasteiger partial charge in [-0.25, -0.2) is 0 Å². The summed E-state index contributed by atoms with van der Waals surface area (Å²) in [5, 5.41) is 6.27. The van der Waals surface area contributed by atoms with E-state index in [9.17, 15) is 0 Å². The van der Waals surface area contributed by atoms with Crippen LogP contribution in [0.4, 0.5) is 5.69 Å². The highest BCUT2D eigenvalue weighted by Crippen LogP contribution is 2.38. The molecule has 0 bridgehead atoms. The Morgan fingerprint density at radius 2 is 1.84 bits per heavy atom. The first-order chi connectivity index (χ1) is 9.02. The molecular formula is C17H20BrN. The SMILES string of the molecule is CC1(C)CCC(Nc2ccc3cc(Br)ccc3c2)C1. The molecule has 1 aliphatic rings. The zero-order valence-corrected chi connectivity index (χ0v) is 13.1. The van der Waals surface area contributed by atoms with Crippen molar-refractivity contribution in [1.29, 1.82) is 0 Å². The van der Waals surface area contributed by atoms with E-state index in [0.717, 1.165) is 4.47 Å². The van der Waals surface area contributed by atoms with Gasteiger partial charge in [0.25, 0.3) is 0 Å². The van der Waals surface area contributed by atoms with Gasteiger partial charge >= 0.3 is 0 Å². The van der Waals surface area contributed by atoms with E-state index in [1.54, 1.807) is 0 Å². The van der Waals surface area contributed by atoms with E-state index < -0.39 is 0 Å². The lowest BCUT2D eigenvalue weighted by molar-refractivity contribution is 0.378. The van der Waals surface area contributed by atoms with E-state index in [2.05, 4.69) is 71.5 Å². The number of benzene rings is 2. The largest absolute Gasteiger partial charge is 0.382 e. The van der Waals surface area contributed by atoms with Crippen molar-refractivity contribution in [2.75, 3.05) is 5.32 Å². The maximum Gasteiger partial charge on any atom is 0.0348 e. The fraction of sp³-hybridized carbons (Fsp3) is 0.412. The summed E-state index contributed by atoms with van der Waals surface area (Å²) in [5.74, 6) is 0. The van der Waals surface area contributed by atoms with E-state index >= 15 is 0 Å². The van der Waals surface area contributed by atoms with E-state index in [1.807, 2.05) is 0 Å². The standard InChI is InChI=1S/C17H20BrN/c1-17(2)8-7-16(11-17)19-15-6-4-12-9-14(18)5-3-13(12)10-15/h3-6,9-10,16,19H,7-8,11H2,1-2H3. The zero-order chi connectivity index (χ0) is 13.5. The molecular weight excluding hydrogens is 298 g/mol. The first-order valence-corrected chi connectivity index (χ1v) is 7.77. The molecule has 3 rings (SSSR count). The van der Waals surface area contributed by atoms with Gasteiger partial charge in [0.05, 0.1) is 0 Å². The molecule has 2 heteroatoms. The fourth-order valence-corrected chi connectivity index (χ4v) is 3.48. The highest BCUT2D eigenvalue weighted by molar-refractivity contribution is 9.10. The molecule has 0 radical (unpaired) electrons. The van der Waals surface area contributed by atoms with Crippen LogP contribution in [0.1, 0.15) is 33.1 Å². The number of fused-ring (bicyclic) bond motifs is 1. The Bertz CT molecular complexity index is 603. The fourth-order valence-electron chi connectivity index (χ4n) is 3.10. The molecule has 1 N–H and O–H groups in total. The topological polar surface area (TPSA) is 12.0 Å². The average Bonchev–Trinajstić information content (AvgIpc) is 2.69. The number of rotatable bonds is 2. The Morgan fingerprint density at radius 1 is 1.11 bits per heavy atom. The van der Waals surface area contributed by atoms with E-state index in [4.69, 9.17) is 0 Å². The Hall–Kier alpha value is -1.02. The summed E-state index contributed by atoms with van der Waals surface area (Å²) in [6, 6.07) is 13.7. The van der Waals surface area contributed by atoms with Crippen molar-refractivity contribution in [3.8, 4) is 0 Å². The van der Waals surface area contributed by atoms with Crippen molar-refractivity contribution in [3.05, 3.63) is 40.9 Å². The van der Waals surface area contributed by atoms with Crippen molar-refractivity contribution in [2.24, 2.45) is 5.41 Å². The highest BCUT2D eigenvalue weighted by atomic mass is 79.9. The predicted molar refractivity (Wildman–Crippen MR) is 86.7 cm³/mol. The molecule has 0 amide bonds. The van der Waals surface area contributed by atoms with Gasteiger partial charge in [0.1, 0.15) is 0 Å². The first-order valence-electron chi connectivity index (χ1n) is 6.98. The highest BCUT2D eigenvalue weighted by Gasteiger charge is 2.30. The smallest absolute Gasteiger partial charge is 0.0348 e. The number of nitrogens with one attached hydrogen (secondary N) is 1. The second-order valence-electron chi connectivity index (χ2n) is 6.45. The van der Waals surface area contributed by atoms with Crippen LogP contribution >= 0.6 is 15.9 Å². The minimum atomic E-state index is 0.499. The van der Waals surface area contributed by atoms with Crippen molar-refractivity contribution in [2.45, 2.75) is 39.2 Å². The van der Waals surface area contributed by atoms with Crippen LogP contribution in [-0.2, 0) is 0 Å². The lowest BCUT2D eigenvalue weighted by atomic mass is 9.92. The van der Waals surface area contributed by atoms with Crippen LogP contribution in [0.15, 0.2) is 40.9 Å². The molecule has 0 heterocycles. The van der Waals surface area contributed by atoms with E-state index in [1.165, 1.54) is 35.7 Å². The number of hydrogen-bond acceptors (Lipinski definition) is 1. The summed E-state index contributed by atoms with van der Waals surface area (Å²) in [7, 11) is 0. The Balaban J connectivity index is 1.80. The van der Waals surface area contributed by atoms with E-state index in [-0.39, 0.29) is 0 Å². The van der Waals surface area contributed by atoms with Crippen molar-refractivity contribution < 1.29 is 0 Å². The summed E-state index contributed by atoms with van der Waals surface area (Å²) in [4.78, 5) is 0. The van der Waals surface area contributed by atoms with Gasteiger partial charge in [-0.3, -0.25) is 0 Å². The third-order valence-electron chi connectivity index (χ3n) is 4.14. The Morgan fingerprint density at radius 3 is 2.58 bits per heavy atom. The summed E-state index contributed by atoms with van der Waals surface area (Å²) in [6.45, 7) is 4.74. The monoisotopic (exact) mass is 317 g/mol. The molecule has 2 aromatic rings. The quantitative estimate of drug-likeness (QED) is 0.761. The second-order valence-corrected chi connectivity index (χ2v) is 7.37. The Kier molecular flexibility index (Phi) is 3.30. The molecule has 0 spiro atoms. The molecule has 1 nitrogen and oxygen atoms in total. The third-order valence-corrected chi connectivity index (χ3v) is 4.63. The van der Waals surface area contributed by atoms with Crippen LogP contribution < -0.4 is 5.32 Å². The normalized spacial score (nSPS) is 21.7. The maximum atomic E-state index is 3.69. The van der Waals surface area contributed by atoms with Crippen molar-refractivity contribution in [3.63, 3.8) is 0 Å². The lowest BCUT2D eigenvalue weighted by Gasteiger charge is -2.19. The Labute approximate surface area is 123 Å². The summed E-state index contributed by atoms with van der Waals surface area (Å²) in [6.07, 6.45) is 3.88. The zero-order valence-electron chi connectivity index (χ0n) is 11.5.